The predicted molar refractivity (Wildman–Crippen MR) is 66.4 cm³/mol. The molecule has 0 saturated carbocycles. The number of esters is 1. The van der Waals surface area contributed by atoms with Crippen LogP contribution in [0.4, 0.5) is 0 Å². The van der Waals surface area contributed by atoms with Crippen LogP contribution in [-0.4, -0.2) is 30.6 Å². The second-order valence-corrected chi connectivity index (χ2v) is 4.79. The van der Waals surface area contributed by atoms with E-state index in [1.807, 2.05) is 18.2 Å². The van der Waals surface area contributed by atoms with Gasteiger partial charge in [0.25, 0.3) is 0 Å². The van der Waals surface area contributed by atoms with Crippen LogP contribution in [0.5, 0.6) is 0 Å². The smallest absolute Gasteiger partial charge is 0.323 e. The van der Waals surface area contributed by atoms with Crippen molar-refractivity contribution in [3.8, 4) is 0 Å². The zero-order valence-corrected chi connectivity index (χ0v) is 10.4. The number of nitrogens with zero attached hydrogens (tertiary/aromatic N) is 1. The molecule has 1 fully saturated rings. The van der Waals surface area contributed by atoms with Crippen molar-refractivity contribution in [1.82, 2.24) is 4.90 Å². The Morgan fingerprint density at radius 1 is 1.41 bits per heavy atom. The van der Waals surface area contributed by atoms with Gasteiger partial charge >= 0.3 is 5.97 Å². The topological polar surface area (TPSA) is 29.5 Å². The van der Waals surface area contributed by atoms with Crippen LogP contribution in [0, 0.1) is 5.92 Å². The second kappa shape index (κ2) is 5.32. The van der Waals surface area contributed by atoms with Crippen molar-refractivity contribution in [3.05, 3.63) is 35.9 Å². The zero-order valence-electron chi connectivity index (χ0n) is 10.4. The van der Waals surface area contributed by atoms with Gasteiger partial charge in [0.1, 0.15) is 6.04 Å². The van der Waals surface area contributed by atoms with E-state index in [9.17, 15) is 4.79 Å². The van der Waals surface area contributed by atoms with Crippen LogP contribution in [0.15, 0.2) is 30.3 Å². The molecule has 17 heavy (non-hydrogen) atoms. The van der Waals surface area contributed by atoms with Gasteiger partial charge in [0.05, 0.1) is 7.11 Å². The molecule has 0 aliphatic carbocycles. The molecule has 1 heterocycles. The van der Waals surface area contributed by atoms with Gasteiger partial charge in [-0.15, -0.1) is 0 Å². The van der Waals surface area contributed by atoms with Gasteiger partial charge in [0.2, 0.25) is 0 Å². The molecular weight excluding hydrogens is 214 g/mol. The molecule has 0 bridgehead atoms. The summed E-state index contributed by atoms with van der Waals surface area (Å²) in [6, 6.07) is 10.2. The maximum Gasteiger partial charge on any atom is 0.323 e. The van der Waals surface area contributed by atoms with E-state index in [2.05, 4.69) is 24.0 Å². The minimum atomic E-state index is -0.106. The number of carbonyl (C=O) groups excluding carboxylic acids is 1. The van der Waals surface area contributed by atoms with Gasteiger partial charge in [-0.2, -0.15) is 0 Å². The standard InChI is InChI=1S/C14H19NO2/c1-11-8-13(14(16)17-2)15(9-11)10-12-6-4-3-5-7-12/h3-7,11,13H,8-10H2,1-2H3/t11-,13-/m1/s1. The third kappa shape index (κ3) is 2.86. The Hall–Kier alpha value is -1.35. The van der Waals surface area contributed by atoms with Gasteiger partial charge in [-0.3, -0.25) is 9.69 Å². The lowest BCUT2D eigenvalue weighted by Crippen LogP contribution is -2.36. The molecule has 1 aromatic carbocycles. The van der Waals surface area contributed by atoms with E-state index >= 15 is 0 Å². The highest BCUT2D eigenvalue weighted by Crippen LogP contribution is 2.25. The van der Waals surface area contributed by atoms with E-state index in [1.165, 1.54) is 12.7 Å². The van der Waals surface area contributed by atoms with Crippen LogP contribution < -0.4 is 0 Å². The highest BCUT2D eigenvalue weighted by atomic mass is 16.5. The molecule has 1 saturated heterocycles. The molecule has 0 radical (unpaired) electrons. The number of rotatable bonds is 3. The molecule has 1 aliphatic rings. The van der Waals surface area contributed by atoms with Crippen molar-refractivity contribution < 1.29 is 9.53 Å². The first kappa shape index (κ1) is 12.1. The first-order chi connectivity index (χ1) is 8.20. The average molecular weight is 233 g/mol. The molecule has 3 heteroatoms. The molecule has 2 atom stereocenters. The highest BCUT2D eigenvalue weighted by Gasteiger charge is 2.35. The lowest BCUT2D eigenvalue weighted by Gasteiger charge is -2.22. The van der Waals surface area contributed by atoms with E-state index < -0.39 is 0 Å². The Bertz CT molecular complexity index is 377. The first-order valence-corrected chi connectivity index (χ1v) is 6.06. The van der Waals surface area contributed by atoms with Crippen molar-refractivity contribution in [3.63, 3.8) is 0 Å². The maximum atomic E-state index is 11.7. The van der Waals surface area contributed by atoms with Crippen LogP contribution in [-0.2, 0) is 16.1 Å². The molecule has 1 aromatic rings. The van der Waals surface area contributed by atoms with E-state index in [4.69, 9.17) is 4.74 Å². The monoisotopic (exact) mass is 233 g/mol. The summed E-state index contributed by atoms with van der Waals surface area (Å²) < 4.78 is 4.87. The summed E-state index contributed by atoms with van der Waals surface area (Å²) in [6.45, 7) is 3.97. The number of benzene rings is 1. The minimum Gasteiger partial charge on any atom is -0.468 e. The molecule has 0 spiro atoms. The Kier molecular flexibility index (Phi) is 3.79. The number of carbonyl (C=O) groups is 1. The van der Waals surface area contributed by atoms with Crippen LogP contribution in [0.3, 0.4) is 0 Å². The van der Waals surface area contributed by atoms with Gasteiger partial charge in [-0.05, 0) is 17.9 Å². The number of ether oxygens (including phenoxy) is 1. The van der Waals surface area contributed by atoms with E-state index in [1.54, 1.807) is 0 Å². The summed E-state index contributed by atoms with van der Waals surface area (Å²) in [5.41, 5.74) is 1.25. The largest absolute Gasteiger partial charge is 0.468 e. The number of likely N-dealkylation sites (tertiary alicyclic amines) is 1. The Labute approximate surface area is 102 Å². The predicted octanol–water partition coefficient (Wildman–Crippen LogP) is 2.07. The van der Waals surface area contributed by atoms with E-state index in [-0.39, 0.29) is 12.0 Å². The molecule has 2 rings (SSSR count). The maximum absolute atomic E-state index is 11.7. The van der Waals surface area contributed by atoms with Crippen molar-refractivity contribution in [2.24, 2.45) is 5.92 Å². The van der Waals surface area contributed by atoms with Crippen molar-refractivity contribution >= 4 is 5.97 Å². The summed E-state index contributed by atoms with van der Waals surface area (Å²) in [5.74, 6) is 0.452. The molecule has 92 valence electrons. The zero-order chi connectivity index (χ0) is 12.3. The van der Waals surface area contributed by atoms with E-state index in [0.29, 0.717) is 5.92 Å². The highest BCUT2D eigenvalue weighted by molar-refractivity contribution is 5.76. The summed E-state index contributed by atoms with van der Waals surface area (Å²) in [4.78, 5) is 13.9. The summed E-state index contributed by atoms with van der Waals surface area (Å²) >= 11 is 0. The molecular formula is C14H19NO2. The molecule has 0 aromatic heterocycles. The quantitative estimate of drug-likeness (QED) is 0.748. The minimum absolute atomic E-state index is 0.0739. The fraction of sp³-hybridized carbons (Fsp3) is 0.500. The van der Waals surface area contributed by atoms with Crippen LogP contribution in [0.1, 0.15) is 18.9 Å². The third-order valence-corrected chi connectivity index (χ3v) is 3.31. The molecule has 0 N–H and O–H groups in total. The van der Waals surface area contributed by atoms with Crippen LogP contribution in [0.25, 0.3) is 0 Å². The summed E-state index contributed by atoms with van der Waals surface area (Å²) in [7, 11) is 1.46. The normalized spacial score (nSPS) is 24.8. The van der Waals surface area contributed by atoms with Crippen LogP contribution in [0.2, 0.25) is 0 Å². The van der Waals surface area contributed by atoms with Crippen molar-refractivity contribution in [2.75, 3.05) is 13.7 Å². The Balaban J connectivity index is 2.06. The molecule has 0 unspecified atom stereocenters. The first-order valence-electron chi connectivity index (χ1n) is 6.06. The van der Waals surface area contributed by atoms with Gasteiger partial charge in [0.15, 0.2) is 0 Å². The Morgan fingerprint density at radius 2 is 2.12 bits per heavy atom. The van der Waals surface area contributed by atoms with Crippen LogP contribution >= 0.6 is 0 Å². The average Bonchev–Trinajstić information content (AvgIpc) is 2.70. The fourth-order valence-corrected chi connectivity index (χ4v) is 2.51. The lowest BCUT2D eigenvalue weighted by atomic mass is 10.1. The number of methoxy groups -OCH3 is 1. The molecule has 3 nitrogen and oxygen atoms in total. The molecule has 0 amide bonds. The third-order valence-electron chi connectivity index (χ3n) is 3.31. The summed E-state index contributed by atoms with van der Waals surface area (Å²) in [5, 5.41) is 0. The number of hydrogen-bond donors (Lipinski definition) is 0. The summed E-state index contributed by atoms with van der Waals surface area (Å²) in [6.07, 6.45) is 0.902. The van der Waals surface area contributed by atoms with Crippen molar-refractivity contribution in [1.29, 1.82) is 0 Å². The fourth-order valence-electron chi connectivity index (χ4n) is 2.51. The van der Waals surface area contributed by atoms with Gasteiger partial charge in [0, 0.05) is 13.1 Å². The lowest BCUT2D eigenvalue weighted by molar-refractivity contribution is -0.146. The van der Waals surface area contributed by atoms with E-state index in [0.717, 1.165) is 19.5 Å². The second-order valence-electron chi connectivity index (χ2n) is 4.79. The SMILES string of the molecule is COC(=O)[C@H]1C[C@@H](C)CN1Cc1ccccc1. The molecule has 1 aliphatic heterocycles. The van der Waals surface area contributed by atoms with Gasteiger partial charge < -0.3 is 4.74 Å². The Morgan fingerprint density at radius 3 is 2.76 bits per heavy atom. The number of hydrogen-bond acceptors (Lipinski definition) is 3. The van der Waals surface area contributed by atoms with Crippen molar-refractivity contribution in [2.45, 2.75) is 25.9 Å². The van der Waals surface area contributed by atoms with Gasteiger partial charge in [-0.1, -0.05) is 37.3 Å². The van der Waals surface area contributed by atoms with Gasteiger partial charge in [-0.25, -0.2) is 0 Å².